The monoisotopic (exact) mass is 844 g/mol. The molecule has 17 heteroatoms. The van der Waals surface area contributed by atoms with E-state index in [9.17, 15) is 28.8 Å². The molecule has 7 rings (SSSR count). The molecule has 3 saturated heterocycles. The molecule has 61 heavy (non-hydrogen) atoms. The van der Waals surface area contributed by atoms with Gasteiger partial charge in [0.05, 0.1) is 11.9 Å². The number of benzene rings is 2. The van der Waals surface area contributed by atoms with E-state index < -0.39 is 18.0 Å². The Morgan fingerprint density at radius 2 is 1.54 bits per heavy atom. The third-order valence-corrected chi connectivity index (χ3v) is 12.7. The summed E-state index contributed by atoms with van der Waals surface area (Å²) in [5.74, 6) is -1.16. The number of nitrogens with one attached hydrogen (secondary N) is 1. The van der Waals surface area contributed by atoms with Crippen LogP contribution in [0.5, 0.6) is 0 Å². The van der Waals surface area contributed by atoms with Gasteiger partial charge in [-0.25, -0.2) is 14.4 Å². The molecule has 1 aromatic heterocycles. The summed E-state index contributed by atoms with van der Waals surface area (Å²) in [5.41, 5.74) is 4.52. The van der Waals surface area contributed by atoms with Crippen LogP contribution in [0, 0.1) is 6.92 Å². The van der Waals surface area contributed by atoms with Crippen LogP contribution in [0.1, 0.15) is 55.2 Å². The number of ether oxygens (including phenoxy) is 2. The Morgan fingerprint density at radius 1 is 0.852 bits per heavy atom. The molecule has 3 fully saturated rings. The van der Waals surface area contributed by atoms with Crippen molar-refractivity contribution in [2.45, 2.75) is 76.5 Å². The first-order chi connectivity index (χ1) is 29.3. The number of para-hydroxylation sites is 1. The molecule has 4 aliphatic rings. The largest absolute Gasteiger partial charge is 0.464 e. The number of nitrogens with zero attached hydrogens (tertiary/aromatic N) is 7. The number of aromatic nitrogens is 1. The Labute approximate surface area is 356 Å². The van der Waals surface area contributed by atoms with Crippen LogP contribution in [-0.4, -0.2) is 168 Å². The summed E-state index contributed by atoms with van der Waals surface area (Å²) in [7, 11) is 5.45. The van der Waals surface area contributed by atoms with Crippen LogP contribution in [0.4, 0.5) is 15.3 Å². The molecule has 2 aromatic carbocycles. The SMILES string of the molecule is Cc1cc(C[C@@H](OC(=O)N2CCC(N3CCc4ccccc4NC3=O)CC2)C(=O)N2CCC(N3CCN(C(=O)CCC(=O)OCCN(C)C)CC3)CC2)cc2oc(=O)n(C)c12. The van der Waals surface area contributed by atoms with Crippen LogP contribution in [0.25, 0.3) is 11.1 Å². The van der Waals surface area contributed by atoms with Crippen LogP contribution in [0.15, 0.2) is 45.6 Å². The van der Waals surface area contributed by atoms with Crippen molar-refractivity contribution in [1.82, 2.24) is 34.0 Å². The van der Waals surface area contributed by atoms with E-state index in [0.29, 0.717) is 102 Å². The Morgan fingerprint density at radius 3 is 2.26 bits per heavy atom. The van der Waals surface area contributed by atoms with Gasteiger partial charge in [0.15, 0.2) is 11.7 Å². The zero-order chi connectivity index (χ0) is 43.2. The Hall–Kier alpha value is -5.42. The summed E-state index contributed by atoms with van der Waals surface area (Å²) in [5, 5.41) is 3.04. The number of rotatable bonds is 12. The molecule has 0 radical (unpaired) electrons. The van der Waals surface area contributed by atoms with E-state index in [-0.39, 0.29) is 55.2 Å². The van der Waals surface area contributed by atoms with E-state index in [1.54, 1.807) is 22.9 Å². The fraction of sp³-hybridized carbons (Fsp3) is 0.591. The highest BCUT2D eigenvalue weighted by Gasteiger charge is 2.37. The number of hydrogen-bond donors (Lipinski definition) is 1. The number of esters is 1. The number of oxazole rings is 1. The molecule has 5 heterocycles. The second kappa shape index (κ2) is 19.5. The number of piperidine rings is 2. The van der Waals surface area contributed by atoms with Gasteiger partial charge >= 0.3 is 23.8 Å². The lowest BCUT2D eigenvalue weighted by atomic mass is 9.99. The summed E-state index contributed by atoms with van der Waals surface area (Å²) < 4.78 is 18.3. The van der Waals surface area contributed by atoms with Crippen LogP contribution in [0.3, 0.4) is 0 Å². The maximum Gasteiger partial charge on any atom is 0.419 e. The molecular formula is C44H60N8O9. The number of carbonyl (C=O) groups excluding carboxylic acids is 5. The molecule has 4 aliphatic heterocycles. The molecule has 17 nitrogen and oxygen atoms in total. The van der Waals surface area contributed by atoms with Gasteiger partial charge < -0.3 is 43.7 Å². The van der Waals surface area contributed by atoms with E-state index in [4.69, 9.17) is 13.9 Å². The minimum atomic E-state index is -1.11. The summed E-state index contributed by atoms with van der Waals surface area (Å²) in [6, 6.07) is 11.5. The number of likely N-dealkylation sites (tertiary alicyclic amines) is 2. The van der Waals surface area contributed by atoms with Gasteiger partial charge in [0.2, 0.25) is 5.91 Å². The van der Waals surface area contributed by atoms with Gasteiger partial charge in [0.25, 0.3) is 5.91 Å². The Bertz CT molecular complexity index is 2130. The number of likely N-dealkylation sites (N-methyl/N-ethyl adjacent to an activating group) is 1. The van der Waals surface area contributed by atoms with Gasteiger partial charge in [0, 0.05) is 103 Å². The highest BCUT2D eigenvalue weighted by atomic mass is 16.6. The predicted octanol–water partition coefficient (Wildman–Crippen LogP) is 3.06. The molecule has 0 unspecified atom stereocenters. The smallest absolute Gasteiger partial charge is 0.419 e. The number of urea groups is 1. The minimum Gasteiger partial charge on any atom is -0.464 e. The van der Waals surface area contributed by atoms with Crippen molar-refractivity contribution in [3.8, 4) is 0 Å². The summed E-state index contributed by atoms with van der Waals surface area (Å²) in [6.45, 7) is 7.73. The number of amides is 5. The van der Waals surface area contributed by atoms with Crippen LogP contribution < -0.4 is 11.1 Å². The van der Waals surface area contributed by atoms with Gasteiger partial charge in [-0.1, -0.05) is 24.3 Å². The average molecular weight is 845 g/mol. The van der Waals surface area contributed by atoms with Crippen molar-refractivity contribution in [1.29, 1.82) is 0 Å². The van der Waals surface area contributed by atoms with E-state index in [2.05, 4.69) is 10.2 Å². The maximum absolute atomic E-state index is 14.4. The molecule has 330 valence electrons. The lowest BCUT2D eigenvalue weighted by Gasteiger charge is -2.43. The van der Waals surface area contributed by atoms with E-state index >= 15 is 0 Å². The number of anilines is 1. The first-order valence-corrected chi connectivity index (χ1v) is 21.7. The standard InChI is InChI=1S/C44H60N8O9/c1-30-27-31(28-36-40(30)47(4)43(57)60-36)29-37(61-44(58)51-18-14-34(15-19-51)52-20-11-32-7-5-6-8-35(32)45-42(52)56)41(55)50-16-12-33(13-17-50)48-21-23-49(24-22-48)38(53)9-10-39(54)59-26-25-46(2)3/h5-8,27-28,33-34,37H,9-26,29H2,1-4H3,(H,45,56)/t37-/m1/s1. The normalized spacial score (nSPS) is 18.8. The van der Waals surface area contributed by atoms with Crippen LogP contribution >= 0.6 is 0 Å². The summed E-state index contributed by atoms with van der Waals surface area (Å²) >= 11 is 0. The van der Waals surface area contributed by atoms with Crippen molar-refractivity contribution in [2.24, 2.45) is 7.05 Å². The van der Waals surface area contributed by atoms with Gasteiger partial charge in [-0.2, -0.15) is 0 Å². The van der Waals surface area contributed by atoms with Crippen LogP contribution in [-0.2, 0) is 43.7 Å². The minimum absolute atomic E-state index is 0.0374. The first-order valence-electron chi connectivity index (χ1n) is 21.7. The molecule has 1 N–H and O–H groups in total. The maximum atomic E-state index is 14.4. The highest BCUT2D eigenvalue weighted by Crippen LogP contribution is 2.27. The van der Waals surface area contributed by atoms with Gasteiger partial charge in [-0.05, 0) is 81.9 Å². The third kappa shape index (κ3) is 10.6. The molecular weight excluding hydrogens is 785 g/mol. The summed E-state index contributed by atoms with van der Waals surface area (Å²) in [6.07, 6.45) is 2.02. The van der Waals surface area contributed by atoms with Crippen molar-refractivity contribution in [2.75, 3.05) is 91.5 Å². The fourth-order valence-electron chi connectivity index (χ4n) is 9.16. The topological polar surface area (TPSA) is 170 Å². The number of carbonyl (C=O) groups is 5. The third-order valence-electron chi connectivity index (χ3n) is 12.7. The van der Waals surface area contributed by atoms with Crippen molar-refractivity contribution in [3.63, 3.8) is 0 Å². The Balaban J connectivity index is 0.938. The summed E-state index contributed by atoms with van der Waals surface area (Å²) in [4.78, 5) is 90.1. The van der Waals surface area contributed by atoms with Crippen molar-refractivity contribution >= 4 is 46.7 Å². The zero-order valence-electron chi connectivity index (χ0n) is 35.9. The molecule has 1 atom stereocenters. The van der Waals surface area contributed by atoms with Gasteiger partial charge in [0.1, 0.15) is 6.61 Å². The first kappa shape index (κ1) is 43.7. The van der Waals surface area contributed by atoms with Crippen molar-refractivity contribution < 1.29 is 37.9 Å². The number of hydrogen-bond acceptors (Lipinski definition) is 11. The van der Waals surface area contributed by atoms with Crippen LogP contribution in [0.2, 0.25) is 0 Å². The number of aryl methyl sites for hydroxylation is 2. The second-order valence-corrected chi connectivity index (χ2v) is 17.0. The molecule has 0 aliphatic carbocycles. The van der Waals surface area contributed by atoms with Gasteiger partial charge in [-0.15, -0.1) is 0 Å². The lowest BCUT2D eigenvalue weighted by molar-refractivity contribution is -0.146. The molecule has 0 bridgehead atoms. The van der Waals surface area contributed by atoms with E-state index in [1.807, 2.05) is 66.1 Å². The molecule has 5 amide bonds. The van der Waals surface area contributed by atoms with E-state index in [0.717, 1.165) is 36.1 Å². The van der Waals surface area contributed by atoms with E-state index in [1.165, 1.54) is 4.57 Å². The molecule has 0 spiro atoms. The highest BCUT2D eigenvalue weighted by molar-refractivity contribution is 5.91. The lowest BCUT2D eigenvalue weighted by Crippen LogP contribution is -2.56. The average Bonchev–Trinajstić information content (AvgIpc) is 3.43. The number of piperazine rings is 1. The molecule has 3 aromatic rings. The van der Waals surface area contributed by atoms with Gasteiger partial charge in [-0.3, -0.25) is 23.9 Å². The predicted molar refractivity (Wildman–Crippen MR) is 227 cm³/mol. The fourth-order valence-corrected chi connectivity index (χ4v) is 9.16. The quantitative estimate of drug-likeness (QED) is 0.266. The van der Waals surface area contributed by atoms with Crippen molar-refractivity contribution in [3.05, 3.63) is 63.6 Å². The second-order valence-electron chi connectivity index (χ2n) is 17.0. The zero-order valence-corrected chi connectivity index (χ0v) is 35.9. The molecule has 0 saturated carbocycles. The Kier molecular flexibility index (Phi) is 14.0. The number of fused-ring (bicyclic) bond motifs is 2.